The Morgan fingerprint density at radius 3 is 2.33 bits per heavy atom. The zero-order valence-electron chi connectivity index (χ0n) is 8.05. The fraction of sp³-hybridized carbons (Fsp3) is 0.818. The van der Waals surface area contributed by atoms with Crippen LogP contribution in [0.2, 0.25) is 0 Å². The maximum absolute atomic E-state index is 5.28. The molecular formula is C11H19N. The van der Waals surface area contributed by atoms with Gasteiger partial charge in [0.05, 0.1) is 6.54 Å². The monoisotopic (exact) mass is 165 g/mol. The first-order chi connectivity index (χ1) is 5.84. The molecule has 0 amide bonds. The van der Waals surface area contributed by atoms with Crippen molar-refractivity contribution in [3.8, 4) is 12.3 Å². The average molecular weight is 165 g/mol. The average Bonchev–Trinajstić information content (AvgIpc) is 2.32. The lowest BCUT2D eigenvalue weighted by Gasteiger charge is -2.24. The van der Waals surface area contributed by atoms with Crippen LogP contribution in [-0.4, -0.2) is 24.5 Å². The van der Waals surface area contributed by atoms with Crippen molar-refractivity contribution in [3.63, 3.8) is 0 Å². The first-order valence-electron chi connectivity index (χ1n) is 4.98. The fourth-order valence-corrected chi connectivity index (χ4v) is 1.97. The Bertz CT molecular complexity index is 149. The summed E-state index contributed by atoms with van der Waals surface area (Å²) in [5.74, 6) is 2.71. The lowest BCUT2D eigenvalue weighted by atomic mass is 10.1. The molecule has 68 valence electrons. The fourth-order valence-electron chi connectivity index (χ4n) is 1.97. The highest BCUT2D eigenvalue weighted by Gasteiger charge is 2.15. The molecule has 1 fully saturated rings. The van der Waals surface area contributed by atoms with Crippen LogP contribution in [0.3, 0.4) is 0 Å². The maximum Gasteiger partial charge on any atom is 0.0598 e. The van der Waals surface area contributed by atoms with E-state index in [1.54, 1.807) is 0 Å². The van der Waals surface area contributed by atoms with Crippen molar-refractivity contribution in [1.29, 1.82) is 0 Å². The third-order valence-corrected chi connectivity index (χ3v) is 2.79. The molecule has 0 atom stereocenters. The minimum absolute atomic E-state index is 0.753. The molecule has 1 aliphatic carbocycles. The summed E-state index contributed by atoms with van der Waals surface area (Å²) in [5, 5.41) is 0. The molecule has 0 saturated heterocycles. The highest BCUT2D eigenvalue weighted by Crippen LogP contribution is 2.20. The molecule has 1 saturated carbocycles. The van der Waals surface area contributed by atoms with E-state index in [-0.39, 0.29) is 0 Å². The van der Waals surface area contributed by atoms with E-state index < -0.39 is 0 Å². The number of hydrogen-bond donors (Lipinski definition) is 0. The number of terminal acetylenes is 1. The quantitative estimate of drug-likeness (QED) is 0.448. The van der Waals surface area contributed by atoms with Gasteiger partial charge < -0.3 is 0 Å². The lowest BCUT2D eigenvalue weighted by molar-refractivity contribution is 0.246. The van der Waals surface area contributed by atoms with Gasteiger partial charge in [-0.1, -0.05) is 31.6 Å². The van der Waals surface area contributed by atoms with Crippen molar-refractivity contribution in [3.05, 3.63) is 0 Å². The summed E-state index contributed by atoms with van der Waals surface area (Å²) in [6.07, 6.45) is 13.6. The van der Waals surface area contributed by atoms with E-state index in [0.29, 0.717) is 0 Å². The number of rotatable bonds is 2. The van der Waals surface area contributed by atoms with Crippen LogP contribution in [0, 0.1) is 12.3 Å². The molecule has 1 aliphatic rings. The SMILES string of the molecule is C#CCN(C)C1CCCCCC1. The number of hydrogen-bond acceptors (Lipinski definition) is 1. The van der Waals surface area contributed by atoms with E-state index in [1.807, 2.05) is 0 Å². The van der Waals surface area contributed by atoms with Gasteiger partial charge in [-0.25, -0.2) is 0 Å². The van der Waals surface area contributed by atoms with Crippen molar-refractivity contribution >= 4 is 0 Å². The second-order valence-corrected chi connectivity index (χ2v) is 3.76. The van der Waals surface area contributed by atoms with Crippen LogP contribution >= 0.6 is 0 Å². The normalized spacial score (nSPS) is 20.4. The van der Waals surface area contributed by atoms with E-state index in [2.05, 4.69) is 17.9 Å². The highest BCUT2D eigenvalue weighted by atomic mass is 15.1. The molecule has 1 rings (SSSR count). The van der Waals surface area contributed by atoms with Crippen LogP contribution in [0.4, 0.5) is 0 Å². The van der Waals surface area contributed by atoms with Crippen LogP contribution in [0.5, 0.6) is 0 Å². The Morgan fingerprint density at radius 2 is 1.83 bits per heavy atom. The summed E-state index contributed by atoms with van der Waals surface area (Å²) in [5.41, 5.74) is 0. The van der Waals surface area contributed by atoms with Crippen molar-refractivity contribution in [2.24, 2.45) is 0 Å². The van der Waals surface area contributed by atoms with Crippen molar-refractivity contribution in [1.82, 2.24) is 4.90 Å². The summed E-state index contributed by atoms with van der Waals surface area (Å²) in [6.45, 7) is 0.810. The Labute approximate surface area is 76.1 Å². The largest absolute Gasteiger partial charge is 0.292 e. The van der Waals surface area contributed by atoms with E-state index >= 15 is 0 Å². The molecule has 0 bridgehead atoms. The summed E-state index contributed by atoms with van der Waals surface area (Å²) >= 11 is 0. The smallest absolute Gasteiger partial charge is 0.0598 e. The van der Waals surface area contributed by atoms with Crippen LogP contribution in [0.15, 0.2) is 0 Å². The number of nitrogens with zero attached hydrogens (tertiary/aromatic N) is 1. The molecular weight excluding hydrogens is 146 g/mol. The van der Waals surface area contributed by atoms with Gasteiger partial charge in [-0.15, -0.1) is 6.42 Å². The van der Waals surface area contributed by atoms with E-state index in [0.717, 1.165) is 12.6 Å². The van der Waals surface area contributed by atoms with E-state index in [9.17, 15) is 0 Å². The predicted molar refractivity (Wildman–Crippen MR) is 53.0 cm³/mol. The highest BCUT2D eigenvalue weighted by molar-refractivity contribution is 4.89. The molecule has 0 unspecified atom stereocenters. The lowest BCUT2D eigenvalue weighted by Crippen LogP contribution is -2.31. The van der Waals surface area contributed by atoms with Gasteiger partial charge in [0, 0.05) is 6.04 Å². The van der Waals surface area contributed by atoms with Crippen molar-refractivity contribution < 1.29 is 0 Å². The van der Waals surface area contributed by atoms with Gasteiger partial charge >= 0.3 is 0 Å². The second-order valence-electron chi connectivity index (χ2n) is 3.76. The third-order valence-electron chi connectivity index (χ3n) is 2.79. The molecule has 12 heavy (non-hydrogen) atoms. The molecule has 0 N–H and O–H groups in total. The van der Waals surface area contributed by atoms with Crippen LogP contribution in [-0.2, 0) is 0 Å². The van der Waals surface area contributed by atoms with E-state index in [1.165, 1.54) is 38.5 Å². The Kier molecular flexibility index (Phi) is 4.18. The zero-order chi connectivity index (χ0) is 8.81. The minimum Gasteiger partial charge on any atom is -0.292 e. The Morgan fingerprint density at radius 1 is 1.25 bits per heavy atom. The third kappa shape index (κ3) is 2.87. The van der Waals surface area contributed by atoms with Gasteiger partial charge in [0.2, 0.25) is 0 Å². The van der Waals surface area contributed by atoms with Crippen LogP contribution in [0.25, 0.3) is 0 Å². The molecule has 0 radical (unpaired) electrons. The van der Waals surface area contributed by atoms with Crippen LogP contribution in [0.1, 0.15) is 38.5 Å². The maximum atomic E-state index is 5.28. The minimum atomic E-state index is 0.753. The Hall–Kier alpha value is -0.480. The molecule has 1 heteroatoms. The molecule has 0 aromatic carbocycles. The summed E-state index contributed by atoms with van der Waals surface area (Å²) < 4.78 is 0. The molecule has 0 aliphatic heterocycles. The van der Waals surface area contributed by atoms with Gasteiger partial charge in [-0.3, -0.25) is 4.90 Å². The topological polar surface area (TPSA) is 3.24 Å². The van der Waals surface area contributed by atoms with Gasteiger partial charge in [0.1, 0.15) is 0 Å². The molecule has 0 aromatic heterocycles. The second kappa shape index (κ2) is 5.22. The van der Waals surface area contributed by atoms with Crippen molar-refractivity contribution in [2.45, 2.75) is 44.6 Å². The first kappa shape index (κ1) is 9.61. The molecule has 0 aromatic rings. The van der Waals surface area contributed by atoms with Gasteiger partial charge in [-0.05, 0) is 19.9 Å². The van der Waals surface area contributed by atoms with Crippen molar-refractivity contribution in [2.75, 3.05) is 13.6 Å². The molecule has 1 nitrogen and oxygen atoms in total. The van der Waals surface area contributed by atoms with Gasteiger partial charge in [0.15, 0.2) is 0 Å². The zero-order valence-corrected chi connectivity index (χ0v) is 8.05. The van der Waals surface area contributed by atoms with Gasteiger partial charge in [0.25, 0.3) is 0 Å². The van der Waals surface area contributed by atoms with E-state index in [4.69, 9.17) is 6.42 Å². The Balaban J connectivity index is 2.33. The summed E-state index contributed by atoms with van der Waals surface area (Å²) in [7, 11) is 2.15. The van der Waals surface area contributed by atoms with Gasteiger partial charge in [-0.2, -0.15) is 0 Å². The molecule has 0 spiro atoms. The van der Waals surface area contributed by atoms with Crippen LogP contribution < -0.4 is 0 Å². The standard InChI is InChI=1S/C11H19N/c1-3-10-12(2)11-8-6-4-5-7-9-11/h1,11H,4-10H2,2H3. The first-order valence-corrected chi connectivity index (χ1v) is 4.98. The molecule has 0 heterocycles. The summed E-state index contributed by atoms with van der Waals surface area (Å²) in [6, 6.07) is 0.753. The summed E-state index contributed by atoms with van der Waals surface area (Å²) in [4.78, 5) is 2.32. The predicted octanol–water partition coefficient (Wildman–Crippen LogP) is 2.27.